The van der Waals surface area contributed by atoms with Crippen LogP contribution in [0.2, 0.25) is 0 Å². The van der Waals surface area contributed by atoms with Gasteiger partial charge in [0.1, 0.15) is 22.5 Å². The van der Waals surface area contributed by atoms with Crippen LogP contribution in [0.4, 0.5) is 0 Å². The number of para-hydroxylation sites is 1. The number of nitrogens with one attached hydrogen (secondary N) is 7. The van der Waals surface area contributed by atoms with Crippen molar-refractivity contribution >= 4 is 74.4 Å². The zero-order valence-electron chi connectivity index (χ0n) is 32.9. The number of aromatic amines is 2. The van der Waals surface area contributed by atoms with Crippen LogP contribution in [0.3, 0.4) is 0 Å². The molecule has 0 fully saturated rings. The average molecular weight is 824 g/mol. The van der Waals surface area contributed by atoms with Crippen molar-refractivity contribution in [1.29, 1.82) is 0 Å². The van der Waals surface area contributed by atoms with E-state index in [0.717, 1.165) is 43.6 Å². The van der Waals surface area contributed by atoms with Crippen LogP contribution < -0.4 is 31.3 Å². The predicted octanol–water partition coefficient (Wildman–Crippen LogP) is 2.17. The van der Waals surface area contributed by atoms with Gasteiger partial charge in [-0.2, -0.15) is 0 Å². The molecule has 59 heavy (non-hydrogen) atoms. The van der Waals surface area contributed by atoms with Crippen molar-refractivity contribution in [2.45, 2.75) is 51.2 Å². The van der Waals surface area contributed by atoms with Gasteiger partial charge >= 0.3 is 0 Å². The van der Waals surface area contributed by atoms with Gasteiger partial charge in [0, 0.05) is 65.4 Å². The summed E-state index contributed by atoms with van der Waals surface area (Å²) < 4.78 is 5.61. The molecule has 2 bridgehead atoms. The third kappa shape index (κ3) is 9.84. The number of Topliss-reactive ketones (excluding diaryl/α,β-unsaturated/α-hetero) is 1. The lowest BCUT2D eigenvalue weighted by molar-refractivity contribution is -0.134. The minimum atomic E-state index is -1.16. The van der Waals surface area contributed by atoms with Crippen molar-refractivity contribution in [3.05, 3.63) is 94.3 Å². The molecule has 0 radical (unpaired) electrons. The molecular weight excluding hydrogens is 779 g/mol. The van der Waals surface area contributed by atoms with Crippen molar-refractivity contribution < 1.29 is 38.3 Å². The Morgan fingerprint density at radius 3 is 2.34 bits per heavy atom. The smallest absolute Gasteiger partial charge is 0.271 e. The zero-order valence-corrected chi connectivity index (χ0v) is 33.7. The number of hydrogen-bond donors (Lipinski definition) is 7. The van der Waals surface area contributed by atoms with E-state index in [1.54, 1.807) is 25.4 Å². The van der Waals surface area contributed by atoms with Crippen LogP contribution in [0, 0.1) is 5.92 Å². The molecule has 1 aliphatic heterocycles. The zero-order chi connectivity index (χ0) is 42.4. The highest BCUT2D eigenvalue weighted by Gasteiger charge is 2.31. The Morgan fingerprint density at radius 1 is 0.847 bits per heavy atom. The van der Waals surface area contributed by atoms with Crippen LogP contribution in [0.5, 0.6) is 5.75 Å². The quantitative estimate of drug-likeness (QED) is 0.129. The molecule has 0 saturated carbocycles. The normalized spacial score (nSPS) is 21.1. The van der Waals surface area contributed by atoms with E-state index in [4.69, 9.17) is 4.74 Å². The van der Waals surface area contributed by atoms with Crippen LogP contribution >= 0.6 is 11.3 Å². The largest absolute Gasteiger partial charge is 0.496 e. The minimum absolute atomic E-state index is 0.0111. The molecule has 3 aromatic heterocycles. The Labute approximate surface area is 342 Å². The maximum absolute atomic E-state index is 14.5. The lowest BCUT2D eigenvalue weighted by atomic mass is 9.89. The summed E-state index contributed by atoms with van der Waals surface area (Å²) in [7, 11) is 2.88. The number of thiazole rings is 1. The van der Waals surface area contributed by atoms with Gasteiger partial charge in [0.15, 0.2) is 5.78 Å². The van der Waals surface area contributed by atoms with Gasteiger partial charge in [-0.05, 0) is 49.6 Å². The molecule has 2 aromatic carbocycles. The highest BCUT2D eigenvalue weighted by Crippen LogP contribution is 2.31. The number of rotatable bonds is 5. The highest BCUT2D eigenvalue weighted by atomic mass is 32.1. The SMILES string of the molecule is C=C1NC(=O)C(C)NC(=O)CNC(=O)[C@H](Cc2c[nH]c3cccc(OC)c23)CC(=O)[C@H](Cc2c[nH]c3ccccc23)NC(=O)c2csc(n2)[C@@H](C)NC(=O)CN(C)C1=O. The number of hydrogen-bond acceptors (Lipinski definition) is 10. The van der Waals surface area contributed by atoms with Crippen LogP contribution in [0.15, 0.2) is 72.5 Å². The van der Waals surface area contributed by atoms with Crippen molar-refractivity contribution in [1.82, 2.24) is 46.4 Å². The van der Waals surface area contributed by atoms with Crippen LogP contribution in [0.25, 0.3) is 21.8 Å². The van der Waals surface area contributed by atoms with Gasteiger partial charge in [0.25, 0.3) is 11.8 Å². The molecular formula is C41H45N9O8S. The van der Waals surface area contributed by atoms with E-state index in [9.17, 15) is 33.6 Å². The number of carbonyl (C=O) groups is 7. The first-order chi connectivity index (χ1) is 28.2. The van der Waals surface area contributed by atoms with Gasteiger partial charge < -0.3 is 46.2 Å². The number of likely N-dealkylation sites (N-methyl/N-ethyl adjacent to an activating group) is 1. The summed E-state index contributed by atoms with van der Waals surface area (Å²) in [5, 5.41) is 16.5. The Kier molecular flexibility index (Phi) is 12.9. The summed E-state index contributed by atoms with van der Waals surface area (Å²) in [6, 6.07) is 10.0. The standard InChI is InChI=1S/C41H45N9O8S/c1-21-37(54)47-23(3)41(57)50(4)19-35(53)46-22(2)40-49-31(20-59-40)39(56)48-30(14-25-16-42-28-10-7-6-9-27(25)28)32(51)15-24(38(55)44-18-34(52)45-21)13-26-17-43-29-11-8-12-33(58-5)36(26)29/h6-12,16-17,20-22,24,30,42-43H,3,13-15,18-19H2,1-2,4-5H3,(H,44,55)(H,45,52)(H,46,53)(H,47,54)(H,48,56)/t21?,22-,24-,30+/m1/s1. The summed E-state index contributed by atoms with van der Waals surface area (Å²) in [5.41, 5.74) is 2.70. The van der Waals surface area contributed by atoms with E-state index in [1.807, 2.05) is 36.4 Å². The lowest BCUT2D eigenvalue weighted by Crippen LogP contribution is -2.50. The van der Waals surface area contributed by atoms with Gasteiger partial charge in [-0.15, -0.1) is 11.3 Å². The Balaban J connectivity index is 1.34. The summed E-state index contributed by atoms with van der Waals surface area (Å²) >= 11 is 1.12. The van der Waals surface area contributed by atoms with Crippen molar-refractivity contribution in [3.8, 4) is 5.75 Å². The summed E-state index contributed by atoms with van der Waals surface area (Å²) in [5.74, 6) is -4.96. The summed E-state index contributed by atoms with van der Waals surface area (Å²) in [4.78, 5) is 106. The van der Waals surface area contributed by atoms with E-state index in [-0.39, 0.29) is 30.7 Å². The number of nitrogens with zero attached hydrogens (tertiary/aromatic N) is 2. The van der Waals surface area contributed by atoms with E-state index >= 15 is 0 Å². The van der Waals surface area contributed by atoms with Gasteiger partial charge in [0.2, 0.25) is 23.6 Å². The molecule has 6 amide bonds. The fourth-order valence-corrected chi connectivity index (χ4v) is 7.70. The summed E-state index contributed by atoms with van der Waals surface area (Å²) in [6.07, 6.45) is 3.29. The molecule has 18 heteroatoms. The van der Waals surface area contributed by atoms with Gasteiger partial charge in [-0.3, -0.25) is 33.6 Å². The number of benzene rings is 2. The first kappa shape index (κ1) is 41.8. The van der Waals surface area contributed by atoms with E-state index in [2.05, 4.69) is 48.1 Å². The molecule has 0 spiro atoms. The number of methoxy groups -OCH3 is 1. The molecule has 0 saturated heterocycles. The molecule has 4 heterocycles. The van der Waals surface area contributed by atoms with Gasteiger partial charge in [0.05, 0.1) is 38.0 Å². The van der Waals surface area contributed by atoms with E-state index in [0.29, 0.717) is 16.3 Å². The topological polar surface area (TPSA) is 237 Å². The average Bonchev–Trinajstić information content (AvgIpc) is 3.98. The first-order valence-electron chi connectivity index (χ1n) is 18.8. The molecule has 0 aliphatic carbocycles. The van der Waals surface area contributed by atoms with Gasteiger partial charge in [-0.25, -0.2) is 4.98 Å². The number of fused-ring (bicyclic) bond motifs is 4. The monoisotopic (exact) mass is 823 g/mol. The van der Waals surface area contributed by atoms with Crippen molar-refractivity contribution in [2.75, 3.05) is 27.2 Å². The minimum Gasteiger partial charge on any atom is -0.496 e. The molecule has 5 aromatic rings. The number of aromatic nitrogens is 3. The second kappa shape index (κ2) is 18.2. The van der Waals surface area contributed by atoms with Crippen LogP contribution in [0.1, 0.15) is 52.9 Å². The van der Waals surface area contributed by atoms with Crippen molar-refractivity contribution in [3.63, 3.8) is 0 Å². The molecule has 4 atom stereocenters. The van der Waals surface area contributed by atoms with Crippen molar-refractivity contribution in [2.24, 2.45) is 5.92 Å². The molecule has 308 valence electrons. The Morgan fingerprint density at radius 2 is 1.56 bits per heavy atom. The van der Waals surface area contributed by atoms with E-state index < -0.39 is 78.4 Å². The highest BCUT2D eigenvalue weighted by molar-refractivity contribution is 7.09. The summed E-state index contributed by atoms with van der Waals surface area (Å²) in [6.45, 7) is 5.72. The maximum atomic E-state index is 14.5. The molecule has 17 nitrogen and oxygen atoms in total. The van der Waals surface area contributed by atoms with Gasteiger partial charge in [-0.1, -0.05) is 30.8 Å². The molecule has 1 unspecified atom stereocenters. The fourth-order valence-electron chi connectivity index (χ4n) is 6.89. The van der Waals surface area contributed by atoms with Crippen LogP contribution in [-0.2, 0) is 41.6 Å². The molecule has 7 N–H and O–H groups in total. The second-order valence-electron chi connectivity index (χ2n) is 14.4. The van der Waals surface area contributed by atoms with E-state index in [1.165, 1.54) is 26.5 Å². The first-order valence-corrected chi connectivity index (χ1v) is 19.7. The molecule has 6 rings (SSSR count). The lowest BCUT2D eigenvalue weighted by Gasteiger charge is -2.22. The fraction of sp³-hybridized carbons (Fsp3) is 0.317. The molecule has 1 aliphatic rings. The van der Waals surface area contributed by atoms with Crippen LogP contribution in [-0.4, -0.2) is 100 Å². The Hall–Kier alpha value is -6.82. The number of H-pyrrole nitrogens is 2. The second-order valence-corrected chi connectivity index (χ2v) is 15.2. The third-order valence-electron chi connectivity index (χ3n) is 10.0. The number of amides is 6. The Bertz CT molecular complexity index is 2450. The predicted molar refractivity (Wildman–Crippen MR) is 219 cm³/mol. The number of carbonyl (C=O) groups excluding carboxylic acids is 7. The third-order valence-corrected chi connectivity index (χ3v) is 11.0. The number of ketones is 1. The maximum Gasteiger partial charge on any atom is 0.271 e. The number of ether oxygens (including phenoxy) is 1.